The third kappa shape index (κ3) is 2.40. The Labute approximate surface area is 136 Å². The molecule has 2 aromatic rings. The molecule has 0 aromatic heterocycles. The van der Waals surface area contributed by atoms with E-state index in [1.807, 2.05) is 24.3 Å². The maximum absolute atomic E-state index is 12.3. The predicted octanol–water partition coefficient (Wildman–Crippen LogP) is 2.64. The van der Waals surface area contributed by atoms with Crippen LogP contribution in [0.5, 0.6) is 0 Å². The van der Waals surface area contributed by atoms with Gasteiger partial charge in [-0.3, -0.25) is 4.79 Å². The van der Waals surface area contributed by atoms with Crippen molar-refractivity contribution in [2.24, 2.45) is 11.7 Å². The molecule has 1 saturated carbocycles. The van der Waals surface area contributed by atoms with E-state index in [-0.39, 0.29) is 18.3 Å². The van der Waals surface area contributed by atoms with Gasteiger partial charge in [0.2, 0.25) is 0 Å². The number of hydrogen-bond acceptors (Lipinski definition) is 2. The van der Waals surface area contributed by atoms with Crippen LogP contribution in [0.15, 0.2) is 48.5 Å². The lowest BCUT2D eigenvalue weighted by atomic mass is 10.0. The first-order valence-electron chi connectivity index (χ1n) is 7.45. The van der Waals surface area contributed by atoms with Crippen LogP contribution < -0.4 is 11.1 Å². The molecule has 114 valence electrons. The normalized spacial score (nSPS) is 24.0. The molecule has 0 spiro atoms. The fraction of sp³-hybridized carbons (Fsp3) is 0.278. The van der Waals surface area contributed by atoms with Crippen LogP contribution in [0.1, 0.15) is 33.0 Å². The van der Waals surface area contributed by atoms with E-state index in [4.69, 9.17) is 5.73 Å². The minimum Gasteiger partial charge on any atom is -0.348 e. The molecule has 1 amide bonds. The van der Waals surface area contributed by atoms with Gasteiger partial charge in [-0.1, -0.05) is 36.4 Å². The Morgan fingerprint density at radius 3 is 2.59 bits per heavy atom. The molecule has 3 atom stereocenters. The van der Waals surface area contributed by atoms with Crippen LogP contribution in [0.25, 0.3) is 0 Å². The maximum atomic E-state index is 12.3. The van der Waals surface area contributed by atoms with Gasteiger partial charge in [-0.25, -0.2) is 0 Å². The summed E-state index contributed by atoms with van der Waals surface area (Å²) in [5.41, 5.74) is 10.2. The maximum Gasteiger partial charge on any atom is 0.251 e. The SMILES string of the molecule is Cl.NCc1ccc(C(=O)NC2C3Cc4ccccc4C32)cc1. The first kappa shape index (κ1) is 15.1. The molecule has 0 aliphatic heterocycles. The average molecular weight is 315 g/mol. The van der Waals surface area contributed by atoms with Gasteiger partial charge in [-0.2, -0.15) is 0 Å². The van der Waals surface area contributed by atoms with Crippen LogP contribution in [0.2, 0.25) is 0 Å². The van der Waals surface area contributed by atoms with Crippen molar-refractivity contribution in [3.05, 3.63) is 70.8 Å². The van der Waals surface area contributed by atoms with Gasteiger partial charge >= 0.3 is 0 Å². The minimum atomic E-state index is 0. The van der Waals surface area contributed by atoms with Gasteiger partial charge in [0.25, 0.3) is 5.91 Å². The van der Waals surface area contributed by atoms with Gasteiger partial charge in [0.15, 0.2) is 0 Å². The molecule has 2 aliphatic carbocycles. The summed E-state index contributed by atoms with van der Waals surface area (Å²) in [5.74, 6) is 1.14. The van der Waals surface area contributed by atoms with Gasteiger partial charge in [0, 0.05) is 24.1 Å². The standard InChI is InChI=1S/C18H18N2O.ClH/c19-10-11-5-7-12(8-6-11)18(21)20-17-15-9-13-3-1-2-4-14(13)16(15)17;/h1-8,15-17H,9-10,19H2,(H,20,21);1H. The van der Waals surface area contributed by atoms with Gasteiger partial charge in [-0.05, 0) is 41.2 Å². The quantitative estimate of drug-likeness (QED) is 0.915. The van der Waals surface area contributed by atoms with E-state index >= 15 is 0 Å². The van der Waals surface area contributed by atoms with E-state index < -0.39 is 0 Å². The molecule has 0 radical (unpaired) electrons. The van der Waals surface area contributed by atoms with Crippen molar-refractivity contribution in [2.45, 2.75) is 24.9 Å². The van der Waals surface area contributed by atoms with Crippen molar-refractivity contribution in [1.82, 2.24) is 5.32 Å². The number of carbonyl (C=O) groups is 1. The van der Waals surface area contributed by atoms with E-state index in [9.17, 15) is 4.79 Å². The summed E-state index contributed by atoms with van der Waals surface area (Å²) in [6.45, 7) is 0.505. The molecule has 4 rings (SSSR count). The third-order valence-electron chi connectivity index (χ3n) is 4.79. The number of nitrogens with two attached hydrogens (primary N) is 1. The zero-order valence-corrected chi connectivity index (χ0v) is 13.0. The molecule has 3 unspecified atom stereocenters. The Morgan fingerprint density at radius 2 is 1.86 bits per heavy atom. The zero-order valence-electron chi connectivity index (χ0n) is 12.2. The van der Waals surface area contributed by atoms with Gasteiger partial charge in [0.05, 0.1) is 0 Å². The van der Waals surface area contributed by atoms with E-state index in [0.29, 0.717) is 30.0 Å². The highest BCUT2D eigenvalue weighted by atomic mass is 35.5. The van der Waals surface area contributed by atoms with Crippen LogP contribution in [0, 0.1) is 5.92 Å². The number of carbonyl (C=O) groups excluding carboxylic acids is 1. The molecule has 4 heteroatoms. The fourth-order valence-corrected chi connectivity index (χ4v) is 3.57. The van der Waals surface area contributed by atoms with E-state index in [2.05, 4.69) is 29.6 Å². The molecule has 0 bridgehead atoms. The van der Waals surface area contributed by atoms with Crippen LogP contribution in [0.4, 0.5) is 0 Å². The summed E-state index contributed by atoms with van der Waals surface area (Å²) >= 11 is 0. The molecule has 0 heterocycles. The minimum absolute atomic E-state index is 0. The summed E-state index contributed by atoms with van der Waals surface area (Å²) in [7, 11) is 0. The summed E-state index contributed by atoms with van der Waals surface area (Å²) < 4.78 is 0. The average Bonchev–Trinajstić information content (AvgIpc) is 3.04. The van der Waals surface area contributed by atoms with E-state index in [1.54, 1.807) is 0 Å². The molecule has 1 fully saturated rings. The Hall–Kier alpha value is -1.84. The second kappa shape index (κ2) is 5.75. The Bertz CT molecular complexity index is 698. The summed E-state index contributed by atoms with van der Waals surface area (Å²) in [5, 5.41) is 3.18. The topological polar surface area (TPSA) is 55.1 Å². The lowest BCUT2D eigenvalue weighted by Gasteiger charge is -2.10. The molecule has 2 aliphatic rings. The Morgan fingerprint density at radius 1 is 1.14 bits per heavy atom. The van der Waals surface area contributed by atoms with Gasteiger partial charge < -0.3 is 11.1 Å². The third-order valence-corrected chi connectivity index (χ3v) is 4.79. The Balaban J connectivity index is 0.00000144. The highest BCUT2D eigenvalue weighted by molar-refractivity contribution is 5.94. The van der Waals surface area contributed by atoms with Crippen molar-refractivity contribution in [3.8, 4) is 0 Å². The number of benzene rings is 2. The second-order valence-corrected chi connectivity index (χ2v) is 5.99. The van der Waals surface area contributed by atoms with Crippen LogP contribution in [-0.4, -0.2) is 11.9 Å². The number of nitrogens with one attached hydrogen (secondary N) is 1. The molecule has 22 heavy (non-hydrogen) atoms. The van der Waals surface area contributed by atoms with Gasteiger partial charge in [-0.15, -0.1) is 12.4 Å². The van der Waals surface area contributed by atoms with Crippen LogP contribution >= 0.6 is 12.4 Å². The molecule has 2 aromatic carbocycles. The monoisotopic (exact) mass is 314 g/mol. The molecular formula is C18H19ClN2O. The molecule has 0 saturated heterocycles. The number of fused-ring (bicyclic) bond motifs is 3. The first-order chi connectivity index (χ1) is 10.3. The summed E-state index contributed by atoms with van der Waals surface area (Å²) in [6.07, 6.45) is 1.10. The fourth-order valence-electron chi connectivity index (χ4n) is 3.57. The largest absolute Gasteiger partial charge is 0.348 e. The molecule has 3 nitrogen and oxygen atoms in total. The number of rotatable bonds is 3. The van der Waals surface area contributed by atoms with Crippen LogP contribution in [-0.2, 0) is 13.0 Å². The van der Waals surface area contributed by atoms with Crippen molar-refractivity contribution < 1.29 is 4.79 Å². The van der Waals surface area contributed by atoms with E-state index in [1.165, 1.54) is 11.1 Å². The van der Waals surface area contributed by atoms with Gasteiger partial charge in [0.1, 0.15) is 0 Å². The highest BCUT2D eigenvalue weighted by Crippen LogP contribution is 2.56. The summed E-state index contributed by atoms with van der Waals surface area (Å²) in [4.78, 5) is 12.3. The zero-order chi connectivity index (χ0) is 14.4. The van der Waals surface area contributed by atoms with Crippen molar-refractivity contribution >= 4 is 18.3 Å². The van der Waals surface area contributed by atoms with E-state index in [0.717, 1.165) is 12.0 Å². The number of hydrogen-bond donors (Lipinski definition) is 2. The number of amides is 1. The first-order valence-corrected chi connectivity index (χ1v) is 7.45. The lowest BCUT2D eigenvalue weighted by Crippen LogP contribution is -2.28. The molecular weight excluding hydrogens is 296 g/mol. The summed E-state index contributed by atoms with van der Waals surface area (Å²) in [6, 6.07) is 16.4. The van der Waals surface area contributed by atoms with Crippen LogP contribution in [0.3, 0.4) is 0 Å². The lowest BCUT2D eigenvalue weighted by molar-refractivity contribution is 0.0948. The number of halogens is 1. The smallest absolute Gasteiger partial charge is 0.251 e. The Kier molecular flexibility index (Phi) is 3.94. The second-order valence-electron chi connectivity index (χ2n) is 5.99. The highest BCUT2D eigenvalue weighted by Gasteiger charge is 2.56. The van der Waals surface area contributed by atoms with Crippen molar-refractivity contribution in [1.29, 1.82) is 0 Å². The molecule has 3 N–H and O–H groups in total. The van der Waals surface area contributed by atoms with Crippen molar-refractivity contribution in [2.75, 3.05) is 0 Å². The van der Waals surface area contributed by atoms with Crippen molar-refractivity contribution in [3.63, 3.8) is 0 Å². The predicted molar refractivity (Wildman–Crippen MR) is 89.2 cm³/mol.